The average molecular weight is 433 g/mol. The Kier molecular flexibility index (Phi) is 6.73. The van der Waals surface area contributed by atoms with Crippen molar-refractivity contribution in [1.29, 1.82) is 0 Å². The summed E-state index contributed by atoms with van der Waals surface area (Å²) in [6, 6.07) is 0. The second-order valence-electron chi connectivity index (χ2n) is 11.4. The minimum Gasteiger partial charge on any atom is -0.389 e. The molecule has 0 bridgehead atoms. The van der Waals surface area contributed by atoms with E-state index in [1.807, 2.05) is 12.2 Å². The first-order valence-corrected chi connectivity index (χ1v) is 11.7. The molecule has 0 aromatic carbocycles. The molecular formula is C26H40O5. The van der Waals surface area contributed by atoms with Crippen molar-refractivity contribution in [3.8, 4) is 0 Å². The van der Waals surface area contributed by atoms with Crippen LogP contribution in [0.15, 0.2) is 23.8 Å². The molecule has 5 nitrogen and oxygen atoms in total. The van der Waals surface area contributed by atoms with E-state index >= 15 is 0 Å². The zero-order valence-corrected chi connectivity index (χ0v) is 19.9. The SMILES string of the molecule is COC(C=CC(C)C1CCC2(C)CC3C(C(=O)CC3(C)O)C(C=O)=CCC12)C(C)(C)O. The fraction of sp³-hybridized carbons (Fsp3) is 0.769. The van der Waals surface area contributed by atoms with Crippen molar-refractivity contribution in [2.75, 3.05) is 7.11 Å². The number of fused-ring (bicyclic) bond motifs is 2. The third kappa shape index (κ3) is 4.60. The smallest absolute Gasteiger partial charge is 0.146 e. The Morgan fingerprint density at radius 3 is 2.52 bits per heavy atom. The van der Waals surface area contributed by atoms with E-state index in [2.05, 4.69) is 19.9 Å². The predicted molar refractivity (Wildman–Crippen MR) is 120 cm³/mol. The molecule has 5 heteroatoms. The van der Waals surface area contributed by atoms with E-state index in [0.29, 0.717) is 23.3 Å². The molecule has 8 atom stereocenters. The lowest BCUT2D eigenvalue weighted by Gasteiger charge is -2.42. The number of carbonyl (C=O) groups is 2. The van der Waals surface area contributed by atoms with Crippen LogP contribution >= 0.6 is 0 Å². The topological polar surface area (TPSA) is 83.8 Å². The Balaban J connectivity index is 1.88. The van der Waals surface area contributed by atoms with Gasteiger partial charge in [-0.15, -0.1) is 0 Å². The quantitative estimate of drug-likeness (QED) is 0.492. The van der Waals surface area contributed by atoms with Gasteiger partial charge in [0.1, 0.15) is 18.2 Å². The van der Waals surface area contributed by atoms with Crippen molar-refractivity contribution < 1.29 is 24.5 Å². The number of Topliss-reactive ketones (excluding diaryl/α,β-unsaturated/α-hetero) is 1. The first-order chi connectivity index (χ1) is 14.3. The van der Waals surface area contributed by atoms with Gasteiger partial charge in [-0.3, -0.25) is 9.59 Å². The molecule has 0 aliphatic heterocycles. The molecule has 0 amide bonds. The van der Waals surface area contributed by atoms with Gasteiger partial charge in [0.25, 0.3) is 0 Å². The summed E-state index contributed by atoms with van der Waals surface area (Å²) in [5.74, 6) is 0.429. The van der Waals surface area contributed by atoms with E-state index in [-0.39, 0.29) is 29.6 Å². The fourth-order valence-electron chi connectivity index (χ4n) is 6.71. The summed E-state index contributed by atoms with van der Waals surface area (Å²) in [6.07, 6.45) is 10.4. The standard InChI is InChI=1S/C26H40O5/c1-16(7-10-22(31-6)24(2,3)29)18-11-12-25(4)13-20-23(21(28)14-26(20,5)30)17(15-27)8-9-19(18)25/h7-8,10,15-16,18-20,22-23,29-30H,9,11-14H2,1-6H3. The maximum absolute atomic E-state index is 12.7. The molecule has 174 valence electrons. The van der Waals surface area contributed by atoms with Crippen LogP contribution in [-0.4, -0.2) is 46.7 Å². The van der Waals surface area contributed by atoms with E-state index in [1.54, 1.807) is 27.9 Å². The van der Waals surface area contributed by atoms with Crippen LogP contribution in [-0.2, 0) is 14.3 Å². The molecule has 0 heterocycles. The highest BCUT2D eigenvalue weighted by atomic mass is 16.5. The molecule has 2 saturated carbocycles. The van der Waals surface area contributed by atoms with Gasteiger partial charge >= 0.3 is 0 Å². The van der Waals surface area contributed by atoms with E-state index in [0.717, 1.165) is 32.0 Å². The number of methoxy groups -OCH3 is 1. The van der Waals surface area contributed by atoms with Crippen LogP contribution in [0.25, 0.3) is 0 Å². The molecule has 3 rings (SSSR count). The van der Waals surface area contributed by atoms with Crippen LogP contribution in [0, 0.1) is 35.0 Å². The normalized spacial score (nSPS) is 40.6. The molecule has 0 aromatic rings. The largest absolute Gasteiger partial charge is 0.389 e. The minimum atomic E-state index is -1.06. The maximum atomic E-state index is 12.7. The number of rotatable bonds is 6. The average Bonchev–Trinajstić information content (AvgIpc) is 3.07. The van der Waals surface area contributed by atoms with Gasteiger partial charge in [-0.05, 0) is 75.2 Å². The first-order valence-electron chi connectivity index (χ1n) is 11.7. The number of allylic oxidation sites excluding steroid dienone is 3. The van der Waals surface area contributed by atoms with Crippen molar-refractivity contribution in [3.05, 3.63) is 23.8 Å². The lowest BCUT2D eigenvalue weighted by Crippen LogP contribution is -2.40. The summed E-state index contributed by atoms with van der Waals surface area (Å²) in [4.78, 5) is 24.5. The van der Waals surface area contributed by atoms with Gasteiger partial charge in [0.2, 0.25) is 0 Å². The van der Waals surface area contributed by atoms with Crippen LogP contribution in [0.5, 0.6) is 0 Å². The number of hydrogen-bond donors (Lipinski definition) is 2. The van der Waals surface area contributed by atoms with E-state index in [1.165, 1.54) is 0 Å². The third-order valence-corrected chi connectivity index (χ3v) is 8.54. The molecule has 0 saturated heterocycles. The van der Waals surface area contributed by atoms with Gasteiger partial charge in [-0.2, -0.15) is 0 Å². The molecular weight excluding hydrogens is 392 g/mol. The highest BCUT2D eigenvalue weighted by molar-refractivity contribution is 5.94. The van der Waals surface area contributed by atoms with Gasteiger partial charge in [0, 0.05) is 19.4 Å². The number of ketones is 1. The van der Waals surface area contributed by atoms with Gasteiger partial charge in [0.05, 0.1) is 17.1 Å². The van der Waals surface area contributed by atoms with E-state index in [4.69, 9.17) is 4.74 Å². The van der Waals surface area contributed by atoms with Crippen LogP contribution in [0.4, 0.5) is 0 Å². The second kappa shape index (κ2) is 8.57. The molecule has 2 fully saturated rings. The number of ether oxygens (including phenoxy) is 1. The lowest BCUT2D eigenvalue weighted by molar-refractivity contribution is -0.121. The summed E-state index contributed by atoms with van der Waals surface area (Å²) in [7, 11) is 1.61. The van der Waals surface area contributed by atoms with Gasteiger partial charge in [-0.1, -0.05) is 32.1 Å². The van der Waals surface area contributed by atoms with Gasteiger partial charge in [0.15, 0.2) is 0 Å². The summed E-state index contributed by atoms with van der Waals surface area (Å²) < 4.78 is 5.45. The van der Waals surface area contributed by atoms with Crippen LogP contribution < -0.4 is 0 Å². The van der Waals surface area contributed by atoms with Crippen molar-refractivity contribution in [2.45, 2.75) is 84.0 Å². The lowest BCUT2D eigenvalue weighted by atomic mass is 9.63. The van der Waals surface area contributed by atoms with Crippen molar-refractivity contribution in [3.63, 3.8) is 0 Å². The molecule has 0 aromatic heterocycles. The van der Waals surface area contributed by atoms with Gasteiger partial charge < -0.3 is 14.9 Å². The number of hydrogen-bond acceptors (Lipinski definition) is 5. The molecule has 3 aliphatic rings. The summed E-state index contributed by atoms with van der Waals surface area (Å²) in [5.41, 5.74) is -1.43. The van der Waals surface area contributed by atoms with Crippen molar-refractivity contribution in [2.24, 2.45) is 35.0 Å². The molecule has 2 N–H and O–H groups in total. The molecule has 0 spiro atoms. The highest BCUT2D eigenvalue weighted by Gasteiger charge is 2.56. The summed E-state index contributed by atoms with van der Waals surface area (Å²) >= 11 is 0. The third-order valence-electron chi connectivity index (χ3n) is 8.54. The molecule has 31 heavy (non-hydrogen) atoms. The van der Waals surface area contributed by atoms with E-state index in [9.17, 15) is 19.8 Å². The zero-order valence-electron chi connectivity index (χ0n) is 19.9. The van der Waals surface area contributed by atoms with Gasteiger partial charge in [-0.25, -0.2) is 0 Å². The maximum Gasteiger partial charge on any atom is 0.146 e. The van der Waals surface area contributed by atoms with Crippen molar-refractivity contribution in [1.82, 2.24) is 0 Å². The molecule has 0 radical (unpaired) electrons. The fourth-order valence-corrected chi connectivity index (χ4v) is 6.71. The Morgan fingerprint density at radius 1 is 1.26 bits per heavy atom. The van der Waals surface area contributed by atoms with E-state index < -0.39 is 17.1 Å². The number of aldehydes is 1. The monoisotopic (exact) mass is 432 g/mol. The molecule has 8 unspecified atom stereocenters. The van der Waals surface area contributed by atoms with Crippen LogP contribution in [0.1, 0.15) is 66.7 Å². The van der Waals surface area contributed by atoms with Crippen LogP contribution in [0.3, 0.4) is 0 Å². The van der Waals surface area contributed by atoms with Crippen LogP contribution in [0.2, 0.25) is 0 Å². The van der Waals surface area contributed by atoms with Crippen molar-refractivity contribution >= 4 is 12.1 Å². The zero-order chi connectivity index (χ0) is 23.2. The predicted octanol–water partition coefficient (Wildman–Crippen LogP) is 3.87. The number of aliphatic hydroxyl groups is 2. The first kappa shape index (κ1) is 24.3. The Bertz CT molecular complexity index is 758. The number of carbonyl (C=O) groups excluding carboxylic acids is 2. The Hall–Kier alpha value is -1.30. The molecule has 3 aliphatic carbocycles. The minimum absolute atomic E-state index is 0.00141. The second-order valence-corrected chi connectivity index (χ2v) is 11.4. The Labute approximate surface area is 186 Å². The Morgan fingerprint density at radius 2 is 1.94 bits per heavy atom. The summed E-state index contributed by atoms with van der Waals surface area (Å²) in [6.45, 7) is 9.77. The summed E-state index contributed by atoms with van der Waals surface area (Å²) in [5, 5.41) is 21.3. The highest BCUT2D eigenvalue weighted by Crippen LogP contribution is 2.59.